The third-order valence-corrected chi connectivity index (χ3v) is 5.94. The number of hydrogen-bond acceptors (Lipinski definition) is 4. The first-order valence-electron chi connectivity index (χ1n) is 8.78. The van der Waals surface area contributed by atoms with E-state index < -0.39 is 0 Å². The van der Waals surface area contributed by atoms with Gasteiger partial charge in [0.1, 0.15) is 0 Å². The minimum Gasteiger partial charge on any atom is -0.322 e. The summed E-state index contributed by atoms with van der Waals surface area (Å²) in [5.74, 6) is 0. The van der Waals surface area contributed by atoms with E-state index in [0.29, 0.717) is 11.3 Å². The molecule has 140 valence electrons. The SMILES string of the molecule is CSC1CN(C(=O)Nc2ccccc2-n2nc(C)cc2C)CC1N(C)C. The second-order valence-corrected chi connectivity index (χ2v) is 8.07. The Balaban J connectivity index is 1.80. The van der Waals surface area contributed by atoms with Gasteiger partial charge in [0.2, 0.25) is 0 Å². The van der Waals surface area contributed by atoms with Gasteiger partial charge in [0.15, 0.2) is 0 Å². The number of likely N-dealkylation sites (N-methyl/N-ethyl adjacent to an activating group) is 1. The van der Waals surface area contributed by atoms with Crippen molar-refractivity contribution in [3.63, 3.8) is 0 Å². The van der Waals surface area contributed by atoms with E-state index >= 15 is 0 Å². The van der Waals surface area contributed by atoms with Crippen molar-refractivity contribution in [2.75, 3.05) is 38.8 Å². The first-order chi connectivity index (χ1) is 12.4. The molecule has 1 aromatic carbocycles. The summed E-state index contributed by atoms with van der Waals surface area (Å²) in [7, 11) is 4.15. The molecule has 0 aliphatic carbocycles. The summed E-state index contributed by atoms with van der Waals surface area (Å²) in [6.07, 6.45) is 2.11. The van der Waals surface area contributed by atoms with Gasteiger partial charge in [0.05, 0.1) is 17.1 Å². The third-order valence-electron chi connectivity index (χ3n) is 4.87. The Morgan fingerprint density at radius 1 is 1.27 bits per heavy atom. The van der Waals surface area contributed by atoms with E-state index in [4.69, 9.17) is 0 Å². The molecule has 1 aliphatic heterocycles. The fourth-order valence-corrected chi connectivity index (χ4v) is 4.45. The first kappa shape index (κ1) is 18.8. The lowest BCUT2D eigenvalue weighted by atomic mass is 10.2. The number of carbonyl (C=O) groups is 1. The molecule has 1 N–H and O–H groups in total. The standard InChI is InChI=1S/C19H27N5OS/c1-13-10-14(2)24(21-13)16-9-7-6-8-15(16)20-19(25)23-11-17(22(3)4)18(12-23)26-5/h6-10,17-18H,11-12H2,1-5H3,(H,20,25). The topological polar surface area (TPSA) is 53.4 Å². The molecular formula is C19H27N5OS. The van der Waals surface area contributed by atoms with Crippen LogP contribution in [0.4, 0.5) is 10.5 Å². The number of aromatic nitrogens is 2. The second-order valence-electron chi connectivity index (χ2n) is 7.00. The normalized spacial score (nSPS) is 20.0. The summed E-state index contributed by atoms with van der Waals surface area (Å²) < 4.78 is 1.88. The molecule has 2 unspecified atom stereocenters. The molecule has 7 heteroatoms. The van der Waals surface area contributed by atoms with Crippen molar-refractivity contribution in [1.29, 1.82) is 0 Å². The van der Waals surface area contributed by atoms with Crippen molar-refractivity contribution in [2.45, 2.75) is 25.1 Å². The van der Waals surface area contributed by atoms with Crippen LogP contribution in [0.3, 0.4) is 0 Å². The van der Waals surface area contributed by atoms with E-state index in [2.05, 4.69) is 35.7 Å². The zero-order chi connectivity index (χ0) is 18.8. The Bertz CT molecular complexity index is 788. The van der Waals surface area contributed by atoms with Gasteiger partial charge in [-0.25, -0.2) is 9.48 Å². The molecule has 1 saturated heterocycles. The van der Waals surface area contributed by atoms with Crippen LogP contribution in [0.15, 0.2) is 30.3 Å². The smallest absolute Gasteiger partial charge is 0.321 e. The van der Waals surface area contributed by atoms with Gasteiger partial charge in [-0.05, 0) is 52.4 Å². The van der Waals surface area contributed by atoms with E-state index in [1.807, 2.05) is 65.5 Å². The molecule has 6 nitrogen and oxygen atoms in total. The number of urea groups is 1. The van der Waals surface area contributed by atoms with Crippen LogP contribution in [0.1, 0.15) is 11.4 Å². The fourth-order valence-electron chi connectivity index (χ4n) is 3.48. The van der Waals surface area contributed by atoms with E-state index in [0.717, 1.165) is 35.9 Å². The molecule has 0 bridgehead atoms. The van der Waals surface area contributed by atoms with E-state index in [1.54, 1.807) is 0 Å². The summed E-state index contributed by atoms with van der Waals surface area (Å²) in [5.41, 5.74) is 3.66. The Morgan fingerprint density at radius 2 is 2.00 bits per heavy atom. The maximum Gasteiger partial charge on any atom is 0.321 e. The molecule has 3 rings (SSSR count). The molecule has 0 saturated carbocycles. The molecule has 2 atom stereocenters. The molecular weight excluding hydrogens is 346 g/mol. The van der Waals surface area contributed by atoms with Crippen LogP contribution < -0.4 is 5.32 Å². The summed E-state index contributed by atoms with van der Waals surface area (Å²) in [6.45, 7) is 5.49. The van der Waals surface area contributed by atoms with E-state index in [-0.39, 0.29) is 6.03 Å². The Morgan fingerprint density at radius 3 is 2.58 bits per heavy atom. The maximum absolute atomic E-state index is 12.9. The number of rotatable bonds is 4. The average Bonchev–Trinajstić information content (AvgIpc) is 3.18. The Hall–Kier alpha value is -1.99. The number of nitrogens with zero attached hydrogens (tertiary/aromatic N) is 4. The third kappa shape index (κ3) is 3.73. The number of benzene rings is 1. The lowest BCUT2D eigenvalue weighted by molar-refractivity contribution is 0.216. The fraction of sp³-hybridized carbons (Fsp3) is 0.474. The predicted octanol–water partition coefficient (Wildman–Crippen LogP) is 3.00. The van der Waals surface area contributed by atoms with Gasteiger partial charge in [0, 0.05) is 30.1 Å². The Kier molecular flexibility index (Phi) is 5.58. The quantitative estimate of drug-likeness (QED) is 0.895. The zero-order valence-corrected chi connectivity index (χ0v) is 16.9. The van der Waals surface area contributed by atoms with Crippen LogP contribution in [-0.2, 0) is 0 Å². The van der Waals surface area contributed by atoms with Crippen LogP contribution in [0.25, 0.3) is 5.69 Å². The number of para-hydroxylation sites is 2. The van der Waals surface area contributed by atoms with Crippen LogP contribution in [0.2, 0.25) is 0 Å². The van der Waals surface area contributed by atoms with Gasteiger partial charge in [0.25, 0.3) is 0 Å². The molecule has 26 heavy (non-hydrogen) atoms. The predicted molar refractivity (Wildman–Crippen MR) is 108 cm³/mol. The first-order valence-corrected chi connectivity index (χ1v) is 10.1. The number of nitrogens with one attached hydrogen (secondary N) is 1. The molecule has 1 aromatic heterocycles. The van der Waals surface area contributed by atoms with Crippen LogP contribution in [0, 0.1) is 13.8 Å². The summed E-state index contributed by atoms with van der Waals surface area (Å²) >= 11 is 1.82. The number of carbonyl (C=O) groups excluding carboxylic acids is 1. The highest BCUT2D eigenvalue weighted by Crippen LogP contribution is 2.26. The van der Waals surface area contributed by atoms with Crippen molar-refractivity contribution in [2.24, 2.45) is 0 Å². The van der Waals surface area contributed by atoms with E-state index in [9.17, 15) is 4.79 Å². The summed E-state index contributed by atoms with van der Waals surface area (Å²) in [5, 5.41) is 8.07. The van der Waals surface area contributed by atoms with Crippen molar-refractivity contribution in [3.8, 4) is 5.69 Å². The molecule has 1 fully saturated rings. The average molecular weight is 374 g/mol. The summed E-state index contributed by atoms with van der Waals surface area (Å²) in [6, 6.07) is 10.2. The number of amides is 2. The van der Waals surface area contributed by atoms with Crippen molar-refractivity contribution < 1.29 is 4.79 Å². The minimum absolute atomic E-state index is 0.0534. The van der Waals surface area contributed by atoms with Gasteiger partial charge in [-0.15, -0.1) is 0 Å². The number of likely N-dealkylation sites (tertiary alicyclic amines) is 1. The second kappa shape index (κ2) is 7.72. The number of hydrogen-bond donors (Lipinski definition) is 1. The van der Waals surface area contributed by atoms with Gasteiger partial charge in [-0.3, -0.25) is 0 Å². The highest BCUT2D eigenvalue weighted by atomic mass is 32.2. The lowest BCUT2D eigenvalue weighted by Gasteiger charge is -2.23. The van der Waals surface area contributed by atoms with Gasteiger partial charge >= 0.3 is 6.03 Å². The molecule has 0 spiro atoms. The number of aryl methyl sites for hydroxylation is 2. The number of thioether (sulfide) groups is 1. The number of anilines is 1. The molecule has 2 aromatic rings. The van der Waals surface area contributed by atoms with Crippen LogP contribution in [-0.4, -0.2) is 70.3 Å². The largest absolute Gasteiger partial charge is 0.322 e. The van der Waals surface area contributed by atoms with E-state index in [1.165, 1.54) is 0 Å². The van der Waals surface area contributed by atoms with Crippen molar-refractivity contribution in [1.82, 2.24) is 19.6 Å². The highest BCUT2D eigenvalue weighted by Gasteiger charge is 2.36. The highest BCUT2D eigenvalue weighted by molar-refractivity contribution is 7.99. The monoisotopic (exact) mass is 373 g/mol. The molecule has 2 amide bonds. The van der Waals surface area contributed by atoms with Gasteiger partial charge in [-0.2, -0.15) is 16.9 Å². The molecule has 0 radical (unpaired) electrons. The molecule has 1 aliphatic rings. The van der Waals surface area contributed by atoms with Gasteiger partial charge in [-0.1, -0.05) is 12.1 Å². The Labute approximate surface area is 159 Å². The lowest BCUT2D eigenvalue weighted by Crippen LogP contribution is -2.38. The summed E-state index contributed by atoms with van der Waals surface area (Å²) in [4.78, 5) is 17.0. The molecule has 2 heterocycles. The minimum atomic E-state index is -0.0534. The zero-order valence-electron chi connectivity index (χ0n) is 16.1. The van der Waals surface area contributed by atoms with Crippen LogP contribution in [0.5, 0.6) is 0 Å². The van der Waals surface area contributed by atoms with Crippen LogP contribution >= 0.6 is 11.8 Å². The van der Waals surface area contributed by atoms with Gasteiger partial charge < -0.3 is 15.1 Å². The van der Waals surface area contributed by atoms with Crippen molar-refractivity contribution in [3.05, 3.63) is 41.7 Å². The maximum atomic E-state index is 12.9. The van der Waals surface area contributed by atoms with Crippen molar-refractivity contribution >= 4 is 23.5 Å².